The van der Waals surface area contributed by atoms with Crippen LogP contribution in [0.1, 0.15) is 41.5 Å². The maximum Gasteiger partial charge on any atom is 0.410 e. The molecule has 7 nitrogen and oxygen atoms in total. The van der Waals surface area contributed by atoms with E-state index in [2.05, 4.69) is 33.5 Å². The summed E-state index contributed by atoms with van der Waals surface area (Å²) >= 11 is 0. The molecular formula is C19H38B2N2O5. The fourth-order valence-corrected chi connectivity index (χ4v) is 3.57. The molecule has 2 unspecified atom stereocenters. The zero-order valence-electron chi connectivity index (χ0n) is 19.0. The summed E-state index contributed by atoms with van der Waals surface area (Å²) in [6.45, 7) is 16.0. The monoisotopic (exact) mass is 396 g/mol. The summed E-state index contributed by atoms with van der Waals surface area (Å²) < 4.78 is 23.3. The molecule has 0 spiro atoms. The summed E-state index contributed by atoms with van der Waals surface area (Å²) in [5, 5.41) is 0. The third-order valence-electron chi connectivity index (χ3n) is 4.95. The van der Waals surface area contributed by atoms with Gasteiger partial charge in [0.15, 0.2) is 0 Å². The van der Waals surface area contributed by atoms with Gasteiger partial charge in [-0.2, -0.15) is 0 Å². The topological polar surface area (TPSA) is 60.5 Å². The van der Waals surface area contributed by atoms with Crippen molar-refractivity contribution >= 4 is 21.8 Å². The lowest BCUT2D eigenvalue weighted by Gasteiger charge is -2.44. The normalized spacial score (nSPS) is 30.3. The van der Waals surface area contributed by atoms with Crippen LogP contribution >= 0.6 is 0 Å². The molecule has 9 heteroatoms. The molecule has 2 heterocycles. The van der Waals surface area contributed by atoms with Crippen molar-refractivity contribution in [2.45, 2.75) is 76.9 Å². The van der Waals surface area contributed by atoms with Gasteiger partial charge in [-0.05, 0) is 41.5 Å². The van der Waals surface area contributed by atoms with Crippen molar-refractivity contribution in [2.75, 3.05) is 39.4 Å². The number of morpholine rings is 2. The zero-order chi connectivity index (χ0) is 21.1. The van der Waals surface area contributed by atoms with E-state index in [1.54, 1.807) is 4.90 Å². The lowest BCUT2D eigenvalue weighted by Crippen LogP contribution is -2.56. The highest BCUT2D eigenvalue weighted by molar-refractivity contribution is 6.11. The number of carbonyl (C=O) groups is 1. The van der Waals surface area contributed by atoms with Crippen LogP contribution in [-0.4, -0.2) is 106 Å². The van der Waals surface area contributed by atoms with Gasteiger partial charge >= 0.3 is 6.09 Å². The van der Waals surface area contributed by atoms with Gasteiger partial charge in [0.25, 0.3) is 0 Å². The minimum Gasteiger partial charge on any atom is -0.447 e. The predicted molar refractivity (Wildman–Crippen MR) is 114 cm³/mol. The van der Waals surface area contributed by atoms with E-state index in [1.165, 1.54) is 0 Å². The van der Waals surface area contributed by atoms with E-state index in [0.29, 0.717) is 19.7 Å². The van der Waals surface area contributed by atoms with Crippen LogP contribution in [-0.2, 0) is 18.9 Å². The first-order valence-electron chi connectivity index (χ1n) is 10.4. The van der Waals surface area contributed by atoms with E-state index in [-0.39, 0.29) is 48.1 Å². The summed E-state index contributed by atoms with van der Waals surface area (Å²) in [6, 6.07) is 0.0798. The molecule has 160 valence electrons. The average Bonchev–Trinajstić information content (AvgIpc) is 2.55. The second-order valence-electron chi connectivity index (χ2n) is 10.1. The molecule has 0 aromatic rings. The van der Waals surface area contributed by atoms with Gasteiger partial charge in [-0.3, -0.25) is 4.90 Å². The molecular weight excluding hydrogens is 358 g/mol. The number of hydrogen-bond acceptors (Lipinski definition) is 6. The van der Waals surface area contributed by atoms with Crippen LogP contribution in [0.2, 0.25) is 0 Å². The molecule has 2 saturated heterocycles. The third kappa shape index (κ3) is 7.58. The Labute approximate surface area is 172 Å². The van der Waals surface area contributed by atoms with Crippen molar-refractivity contribution in [1.82, 2.24) is 9.80 Å². The summed E-state index contributed by atoms with van der Waals surface area (Å²) in [7, 11) is 4.03. The van der Waals surface area contributed by atoms with E-state index in [9.17, 15) is 4.79 Å². The van der Waals surface area contributed by atoms with Crippen molar-refractivity contribution in [2.24, 2.45) is 0 Å². The Morgan fingerprint density at radius 3 is 2.07 bits per heavy atom. The average molecular weight is 396 g/mol. The van der Waals surface area contributed by atoms with E-state index >= 15 is 0 Å². The van der Waals surface area contributed by atoms with Crippen LogP contribution in [0.4, 0.5) is 4.79 Å². The van der Waals surface area contributed by atoms with Crippen LogP contribution in [0.25, 0.3) is 0 Å². The maximum atomic E-state index is 12.6. The largest absolute Gasteiger partial charge is 0.447 e. The number of hydrogen-bond donors (Lipinski definition) is 0. The molecule has 2 aliphatic heterocycles. The molecule has 0 aromatic heterocycles. The highest BCUT2D eigenvalue weighted by Crippen LogP contribution is 2.20. The molecule has 0 aliphatic carbocycles. The summed E-state index contributed by atoms with van der Waals surface area (Å²) in [4.78, 5) is 16.7. The van der Waals surface area contributed by atoms with Crippen LogP contribution in [0.5, 0.6) is 0 Å². The van der Waals surface area contributed by atoms with E-state index in [1.807, 2.05) is 28.6 Å². The molecule has 1 amide bonds. The maximum absolute atomic E-state index is 12.6. The number of carbonyl (C=O) groups excluding carboxylic acids is 1. The third-order valence-corrected chi connectivity index (χ3v) is 4.95. The molecule has 28 heavy (non-hydrogen) atoms. The van der Waals surface area contributed by atoms with Gasteiger partial charge in [0.2, 0.25) is 0 Å². The summed E-state index contributed by atoms with van der Waals surface area (Å²) in [5.41, 5.74) is -0.163. The Kier molecular flexibility index (Phi) is 7.87. The molecule has 0 aromatic carbocycles. The van der Waals surface area contributed by atoms with Gasteiger partial charge in [0, 0.05) is 37.2 Å². The Morgan fingerprint density at radius 1 is 0.929 bits per heavy atom. The van der Waals surface area contributed by atoms with Crippen LogP contribution < -0.4 is 0 Å². The van der Waals surface area contributed by atoms with Gasteiger partial charge in [-0.25, -0.2) is 4.79 Å². The van der Waals surface area contributed by atoms with E-state index < -0.39 is 0 Å². The first kappa shape index (κ1) is 23.5. The lowest BCUT2D eigenvalue weighted by atomic mass is 9.94. The number of rotatable bonds is 4. The SMILES string of the molecule is B[C@H]1CN(C(=O)OCC2CN(C(C)(C)C)C[C@H](B)O2)CC(COC(C)(C)C)O1. The molecule has 0 saturated carbocycles. The van der Waals surface area contributed by atoms with Crippen molar-refractivity contribution in [3.8, 4) is 0 Å². The zero-order valence-corrected chi connectivity index (χ0v) is 19.0. The van der Waals surface area contributed by atoms with Gasteiger partial charge < -0.3 is 23.8 Å². The van der Waals surface area contributed by atoms with E-state index in [4.69, 9.17) is 18.9 Å². The van der Waals surface area contributed by atoms with Crippen molar-refractivity contribution in [3.63, 3.8) is 0 Å². The molecule has 4 atom stereocenters. The fourth-order valence-electron chi connectivity index (χ4n) is 3.57. The summed E-state index contributed by atoms with van der Waals surface area (Å²) in [5.74, 6) is 0. The Morgan fingerprint density at radius 2 is 1.50 bits per heavy atom. The Bertz CT molecular complexity index is 523. The highest BCUT2D eigenvalue weighted by atomic mass is 16.6. The minimum atomic E-state index is -0.306. The van der Waals surface area contributed by atoms with E-state index in [0.717, 1.165) is 13.1 Å². The number of amides is 1. The summed E-state index contributed by atoms with van der Waals surface area (Å²) in [6.07, 6.45) is -0.552. The van der Waals surface area contributed by atoms with Crippen molar-refractivity contribution in [3.05, 3.63) is 0 Å². The highest BCUT2D eigenvalue weighted by Gasteiger charge is 2.34. The Balaban J connectivity index is 1.84. The second-order valence-corrected chi connectivity index (χ2v) is 10.1. The van der Waals surface area contributed by atoms with Crippen LogP contribution in [0.3, 0.4) is 0 Å². The minimum absolute atomic E-state index is 0.0443. The lowest BCUT2D eigenvalue weighted by molar-refractivity contribution is -0.116. The molecule has 0 bridgehead atoms. The second kappa shape index (κ2) is 9.37. The molecule has 0 N–H and O–H groups in total. The molecule has 0 radical (unpaired) electrons. The number of nitrogens with zero attached hydrogens (tertiary/aromatic N) is 2. The fraction of sp³-hybridized carbons (Fsp3) is 0.947. The van der Waals surface area contributed by atoms with Crippen LogP contribution in [0.15, 0.2) is 0 Å². The molecule has 2 fully saturated rings. The smallest absolute Gasteiger partial charge is 0.410 e. The first-order chi connectivity index (χ1) is 12.8. The number of ether oxygens (including phenoxy) is 4. The van der Waals surface area contributed by atoms with Gasteiger partial charge in [0.05, 0.1) is 24.9 Å². The predicted octanol–water partition coefficient (Wildman–Crippen LogP) is 0.0566. The van der Waals surface area contributed by atoms with Crippen molar-refractivity contribution in [1.29, 1.82) is 0 Å². The van der Waals surface area contributed by atoms with Gasteiger partial charge in [-0.15, -0.1) is 0 Å². The van der Waals surface area contributed by atoms with Gasteiger partial charge in [0.1, 0.15) is 28.4 Å². The van der Waals surface area contributed by atoms with Gasteiger partial charge in [-0.1, -0.05) is 0 Å². The van der Waals surface area contributed by atoms with Crippen molar-refractivity contribution < 1.29 is 23.7 Å². The van der Waals surface area contributed by atoms with Crippen LogP contribution in [0, 0.1) is 0 Å². The standard InChI is InChI=1S/C19H38B2N2O5/c1-18(2,3)23-8-14(28-16(21)10-23)11-25-17(24)22-7-13(27-15(20)9-22)12-26-19(4,5)6/h13-16H,7-12,20-21H2,1-6H3/t13?,14?,15-,16-/m1/s1. The Hall–Kier alpha value is -0.760. The quantitative estimate of drug-likeness (QED) is 0.627. The first-order valence-corrected chi connectivity index (χ1v) is 10.4. The molecule has 2 aliphatic rings. The molecule has 2 rings (SSSR count).